The largest absolute Gasteiger partial charge is 0.507 e. The van der Waals surface area contributed by atoms with Crippen LogP contribution in [0.25, 0.3) is 5.76 Å². The number of anilines is 2. The maximum absolute atomic E-state index is 13.1. The van der Waals surface area contributed by atoms with Crippen LogP contribution in [0.15, 0.2) is 78.6 Å². The van der Waals surface area contributed by atoms with Crippen LogP contribution < -0.4 is 10.2 Å². The zero-order chi connectivity index (χ0) is 22.8. The molecule has 7 nitrogen and oxygen atoms in total. The van der Waals surface area contributed by atoms with Crippen molar-refractivity contribution < 1.29 is 19.5 Å². The number of hydrogen-bond donors (Lipinski definition) is 2. The third-order valence-corrected chi connectivity index (χ3v) is 5.24. The van der Waals surface area contributed by atoms with Crippen LogP contribution in [-0.4, -0.2) is 27.7 Å². The van der Waals surface area contributed by atoms with E-state index in [2.05, 4.69) is 10.3 Å². The number of nitrogens with zero attached hydrogens (tertiary/aromatic N) is 2. The Kier molecular flexibility index (Phi) is 5.55. The average Bonchev–Trinajstić information content (AvgIpc) is 3.05. The van der Waals surface area contributed by atoms with E-state index in [0.29, 0.717) is 22.5 Å². The molecule has 4 rings (SSSR count). The number of hydrogen-bond acceptors (Lipinski definition) is 5. The number of ketones is 1. The fraction of sp³-hybridized carbons (Fsp3) is 0.120. The van der Waals surface area contributed by atoms with Gasteiger partial charge in [0.25, 0.3) is 11.7 Å². The van der Waals surface area contributed by atoms with Crippen molar-refractivity contribution in [2.75, 3.05) is 10.2 Å². The number of pyridine rings is 1. The highest BCUT2D eigenvalue weighted by atomic mass is 16.3. The van der Waals surface area contributed by atoms with Crippen LogP contribution >= 0.6 is 0 Å². The second-order valence-electron chi connectivity index (χ2n) is 7.55. The molecule has 1 fully saturated rings. The van der Waals surface area contributed by atoms with Gasteiger partial charge >= 0.3 is 0 Å². The number of aliphatic hydroxyl groups is 1. The summed E-state index contributed by atoms with van der Waals surface area (Å²) in [6.07, 6.45) is 3.16. The molecule has 1 aliphatic heterocycles. The fourth-order valence-electron chi connectivity index (χ4n) is 3.73. The number of nitrogens with one attached hydrogen (secondary N) is 1. The number of aryl methyl sites for hydroxylation is 1. The Bertz CT molecular complexity index is 1220. The summed E-state index contributed by atoms with van der Waals surface area (Å²) in [5.74, 6) is -1.98. The first-order valence-electron chi connectivity index (χ1n) is 10.0. The molecule has 2 amide bonds. The Labute approximate surface area is 185 Å². The zero-order valence-electron chi connectivity index (χ0n) is 17.6. The smallest absolute Gasteiger partial charge is 0.300 e. The highest BCUT2D eigenvalue weighted by molar-refractivity contribution is 6.51. The molecule has 0 spiro atoms. The summed E-state index contributed by atoms with van der Waals surface area (Å²) in [4.78, 5) is 42.9. The molecule has 1 unspecified atom stereocenters. The summed E-state index contributed by atoms with van der Waals surface area (Å²) in [7, 11) is 0. The van der Waals surface area contributed by atoms with E-state index < -0.39 is 17.7 Å². The predicted octanol–water partition coefficient (Wildman–Crippen LogP) is 3.97. The van der Waals surface area contributed by atoms with E-state index in [1.165, 1.54) is 11.8 Å². The van der Waals surface area contributed by atoms with Crippen molar-refractivity contribution in [3.05, 3.63) is 95.3 Å². The van der Waals surface area contributed by atoms with Gasteiger partial charge in [-0.05, 0) is 42.8 Å². The van der Waals surface area contributed by atoms with Crippen LogP contribution in [0.5, 0.6) is 0 Å². The molecule has 7 heteroatoms. The Morgan fingerprint density at radius 1 is 1.03 bits per heavy atom. The lowest BCUT2D eigenvalue weighted by molar-refractivity contribution is -0.132. The van der Waals surface area contributed by atoms with E-state index in [9.17, 15) is 19.5 Å². The summed E-state index contributed by atoms with van der Waals surface area (Å²) in [6.45, 7) is 3.32. The summed E-state index contributed by atoms with van der Waals surface area (Å²) in [6, 6.07) is 16.3. The van der Waals surface area contributed by atoms with Crippen molar-refractivity contribution >= 4 is 34.7 Å². The van der Waals surface area contributed by atoms with E-state index in [1.54, 1.807) is 60.9 Å². The molecule has 0 aliphatic carbocycles. The van der Waals surface area contributed by atoms with Crippen LogP contribution in [0.4, 0.5) is 11.4 Å². The van der Waals surface area contributed by atoms with Crippen molar-refractivity contribution in [2.45, 2.75) is 19.9 Å². The van der Waals surface area contributed by atoms with Crippen LogP contribution in [0.3, 0.4) is 0 Å². The third kappa shape index (κ3) is 3.88. The summed E-state index contributed by atoms with van der Waals surface area (Å²) in [5.41, 5.74) is 3.06. The zero-order valence-corrected chi connectivity index (χ0v) is 17.6. The molecule has 1 aromatic heterocycles. The summed E-state index contributed by atoms with van der Waals surface area (Å²) in [5, 5.41) is 13.7. The fourth-order valence-corrected chi connectivity index (χ4v) is 3.73. The number of carbonyl (C=O) groups is 3. The first kappa shape index (κ1) is 21.0. The quantitative estimate of drug-likeness (QED) is 0.373. The van der Waals surface area contributed by atoms with Crippen LogP contribution in [-0.2, 0) is 14.4 Å². The Morgan fingerprint density at radius 3 is 2.31 bits per heavy atom. The molecule has 1 saturated heterocycles. The van der Waals surface area contributed by atoms with Gasteiger partial charge in [-0.1, -0.05) is 35.9 Å². The maximum Gasteiger partial charge on any atom is 0.300 e. The monoisotopic (exact) mass is 427 g/mol. The minimum absolute atomic E-state index is 0.00205. The molecule has 0 bridgehead atoms. The van der Waals surface area contributed by atoms with Crippen molar-refractivity contribution in [1.82, 2.24) is 4.98 Å². The number of aromatic nitrogens is 1. The number of carbonyl (C=O) groups excluding carboxylic acids is 3. The minimum Gasteiger partial charge on any atom is -0.507 e. The van der Waals surface area contributed by atoms with E-state index in [0.717, 1.165) is 5.56 Å². The van der Waals surface area contributed by atoms with Crippen molar-refractivity contribution in [2.24, 2.45) is 0 Å². The second kappa shape index (κ2) is 8.47. The molecule has 2 N–H and O–H groups in total. The Balaban J connectivity index is 1.85. The Morgan fingerprint density at radius 2 is 1.72 bits per heavy atom. The molecule has 3 aromatic rings. The minimum atomic E-state index is -0.850. The van der Waals surface area contributed by atoms with Gasteiger partial charge in [-0.15, -0.1) is 0 Å². The van der Waals surface area contributed by atoms with Crippen LogP contribution in [0, 0.1) is 6.92 Å². The topological polar surface area (TPSA) is 99.6 Å². The van der Waals surface area contributed by atoms with E-state index in [-0.39, 0.29) is 17.2 Å². The highest BCUT2D eigenvalue weighted by Crippen LogP contribution is 2.42. The number of rotatable bonds is 4. The molecular formula is C25H21N3O4. The molecule has 1 atom stereocenters. The van der Waals surface area contributed by atoms with Gasteiger partial charge < -0.3 is 10.4 Å². The van der Waals surface area contributed by atoms with Crippen molar-refractivity contribution in [3.8, 4) is 0 Å². The molecule has 0 saturated carbocycles. The van der Waals surface area contributed by atoms with Gasteiger partial charge in [-0.2, -0.15) is 0 Å². The van der Waals surface area contributed by atoms with E-state index in [4.69, 9.17) is 0 Å². The lowest BCUT2D eigenvalue weighted by Crippen LogP contribution is -2.29. The van der Waals surface area contributed by atoms with Crippen LogP contribution in [0.1, 0.15) is 29.7 Å². The lowest BCUT2D eigenvalue weighted by Gasteiger charge is -2.25. The number of benzene rings is 2. The SMILES string of the molecule is CC(=O)Nc1ccc(N2C(=O)C(=O)/C(=C(\O)c3ccc(C)cc3)C2c2cccnc2)cc1. The Hall–Kier alpha value is -4.26. The highest BCUT2D eigenvalue weighted by Gasteiger charge is 2.47. The van der Waals surface area contributed by atoms with Crippen molar-refractivity contribution in [3.63, 3.8) is 0 Å². The summed E-state index contributed by atoms with van der Waals surface area (Å²) >= 11 is 0. The normalized spacial score (nSPS) is 17.4. The van der Waals surface area contributed by atoms with Crippen molar-refractivity contribution in [1.29, 1.82) is 0 Å². The van der Waals surface area contributed by atoms with E-state index >= 15 is 0 Å². The average molecular weight is 427 g/mol. The number of amides is 2. The molecule has 32 heavy (non-hydrogen) atoms. The van der Waals surface area contributed by atoms with Gasteiger partial charge in [-0.3, -0.25) is 24.3 Å². The molecule has 160 valence electrons. The first-order valence-corrected chi connectivity index (χ1v) is 10.0. The van der Waals surface area contributed by atoms with Gasteiger partial charge in [0, 0.05) is 36.3 Å². The maximum atomic E-state index is 13.1. The van der Waals surface area contributed by atoms with E-state index in [1.807, 2.05) is 19.1 Å². The van der Waals surface area contributed by atoms with Gasteiger partial charge in [0.15, 0.2) is 0 Å². The first-order chi connectivity index (χ1) is 15.4. The number of Topliss-reactive ketones (excluding diaryl/α,β-unsaturated/α-hetero) is 1. The third-order valence-electron chi connectivity index (χ3n) is 5.24. The molecule has 1 aliphatic rings. The van der Waals surface area contributed by atoms with Gasteiger partial charge in [0.2, 0.25) is 5.91 Å². The van der Waals surface area contributed by atoms with Crippen LogP contribution in [0.2, 0.25) is 0 Å². The predicted molar refractivity (Wildman–Crippen MR) is 121 cm³/mol. The molecule has 2 heterocycles. The summed E-state index contributed by atoms with van der Waals surface area (Å²) < 4.78 is 0. The number of aliphatic hydroxyl groups excluding tert-OH is 1. The standard InChI is InChI=1S/C25H21N3O4/c1-15-5-7-17(8-6-15)23(30)21-22(18-4-3-13-26-14-18)28(25(32)24(21)31)20-11-9-19(10-12-20)27-16(2)29/h3-14,22,30H,1-2H3,(H,27,29)/b23-21-. The molecule has 2 aromatic carbocycles. The second-order valence-corrected chi connectivity index (χ2v) is 7.55. The molecular weight excluding hydrogens is 406 g/mol. The van der Waals surface area contributed by atoms with Gasteiger partial charge in [-0.25, -0.2) is 0 Å². The molecule has 0 radical (unpaired) electrons. The lowest BCUT2D eigenvalue weighted by atomic mass is 9.96. The van der Waals surface area contributed by atoms with Gasteiger partial charge in [0.1, 0.15) is 5.76 Å². The van der Waals surface area contributed by atoms with Gasteiger partial charge in [0.05, 0.1) is 11.6 Å².